The van der Waals surface area contributed by atoms with E-state index in [0.717, 1.165) is 0 Å². The molecule has 0 bridgehead atoms. The molecule has 1 amide bonds. The summed E-state index contributed by atoms with van der Waals surface area (Å²) in [7, 11) is 0. The van der Waals surface area contributed by atoms with Crippen LogP contribution >= 0.6 is 0 Å². The topological polar surface area (TPSA) is 120 Å². The van der Waals surface area contributed by atoms with Gasteiger partial charge in [-0.05, 0) is 6.92 Å². The Bertz CT molecular complexity index is 416. The number of aromatic amines is 1. The molecule has 0 radical (unpaired) electrons. The fourth-order valence-corrected chi connectivity index (χ4v) is 1.29. The lowest BCUT2D eigenvalue weighted by Crippen LogP contribution is -2.34. The van der Waals surface area contributed by atoms with Crippen molar-refractivity contribution in [2.24, 2.45) is 0 Å². The Kier molecular flexibility index (Phi) is 5.28. The predicted molar refractivity (Wildman–Crippen MR) is 64.3 cm³/mol. The van der Waals surface area contributed by atoms with Gasteiger partial charge in [-0.15, -0.1) is 0 Å². The number of hydrogen-bond acceptors (Lipinski definition) is 5. The Morgan fingerprint density at radius 2 is 2.33 bits per heavy atom. The quantitative estimate of drug-likeness (QED) is 0.301. The minimum absolute atomic E-state index is 0.146. The summed E-state index contributed by atoms with van der Waals surface area (Å²) < 4.78 is 0. The molecular formula is C10H16N4O4. The zero-order valence-corrected chi connectivity index (χ0v) is 9.97. The molecule has 0 fully saturated rings. The number of nitro groups is 1. The van der Waals surface area contributed by atoms with Crippen LogP contribution in [0.3, 0.4) is 0 Å². The van der Waals surface area contributed by atoms with Crippen molar-refractivity contribution in [3.8, 4) is 0 Å². The summed E-state index contributed by atoms with van der Waals surface area (Å²) in [6, 6.07) is 1.18. The number of rotatable bonds is 7. The van der Waals surface area contributed by atoms with E-state index in [1.54, 1.807) is 6.92 Å². The summed E-state index contributed by atoms with van der Waals surface area (Å²) >= 11 is 0. The number of aliphatic hydroxyl groups excluding tert-OH is 1. The minimum Gasteiger partial charge on any atom is -0.392 e. The zero-order valence-electron chi connectivity index (χ0n) is 9.97. The van der Waals surface area contributed by atoms with Gasteiger partial charge < -0.3 is 20.7 Å². The van der Waals surface area contributed by atoms with E-state index in [0.29, 0.717) is 19.6 Å². The van der Waals surface area contributed by atoms with E-state index in [1.165, 1.54) is 12.3 Å². The summed E-state index contributed by atoms with van der Waals surface area (Å²) in [5.74, 6) is -0.401. The molecule has 18 heavy (non-hydrogen) atoms. The molecule has 4 N–H and O–H groups in total. The molecule has 0 aromatic carbocycles. The van der Waals surface area contributed by atoms with Crippen LogP contribution in [0.15, 0.2) is 12.3 Å². The molecule has 8 nitrogen and oxygen atoms in total. The fourth-order valence-electron chi connectivity index (χ4n) is 1.29. The Labute approximate surface area is 104 Å². The van der Waals surface area contributed by atoms with Crippen molar-refractivity contribution in [1.82, 2.24) is 15.6 Å². The number of aliphatic hydroxyl groups is 1. The Morgan fingerprint density at radius 3 is 2.89 bits per heavy atom. The molecule has 0 spiro atoms. The lowest BCUT2D eigenvalue weighted by atomic mass is 10.4. The highest BCUT2D eigenvalue weighted by molar-refractivity contribution is 5.93. The van der Waals surface area contributed by atoms with Gasteiger partial charge in [-0.3, -0.25) is 14.9 Å². The van der Waals surface area contributed by atoms with Crippen molar-refractivity contribution in [3.05, 3.63) is 28.1 Å². The van der Waals surface area contributed by atoms with Crippen LogP contribution in [0.5, 0.6) is 0 Å². The van der Waals surface area contributed by atoms with Crippen LogP contribution in [0.4, 0.5) is 5.69 Å². The van der Waals surface area contributed by atoms with Crippen molar-refractivity contribution in [2.75, 3.05) is 19.6 Å². The van der Waals surface area contributed by atoms with Gasteiger partial charge in [0.15, 0.2) is 0 Å². The lowest BCUT2D eigenvalue weighted by Gasteiger charge is -2.07. The Morgan fingerprint density at radius 1 is 1.61 bits per heavy atom. The van der Waals surface area contributed by atoms with Gasteiger partial charge >= 0.3 is 0 Å². The smallest absolute Gasteiger partial charge is 0.287 e. The highest BCUT2D eigenvalue weighted by Crippen LogP contribution is 2.11. The van der Waals surface area contributed by atoms with Gasteiger partial charge in [-0.1, -0.05) is 0 Å². The molecule has 1 heterocycles. The first-order chi connectivity index (χ1) is 8.50. The number of hydrogen-bond donors (Lipinski definition) is 4. The van der Waals surface area contributed by atoms with E-state index >= 15 is 0 Å². The molecule has 100 valence electrons. The molecule has 1 aromatic rings. The first kappa shape index (κ1) is 14.1. The zero-order chi connectivity index (χ0) is 13.5. The van der Waals surface area contributed by atoms with Crippen molar-refractivity contribution >= 4 is 11.6 Å². The van der Waals surface area contributed by atoms with Gasteiger partial charge in [-0.25, -0.2) is 0 Å². The molecule has 8 heteroatoms. The number of nitrogens with one attached hydrogen (secondary N) is 3. The number of H-pyrrole nitrogens is 1. The Hall–Kier alpha value is -1.93. The van der Waals surface area contributed by atoms with Crippen LogP contribution in [-0.4, -0.2) is 46.7 Å². The third-order valence-corrected chi connectivity index (χ3v) is 2.15. The van der Waals surface area contributed by atoms with Gasteiger partial charge in [0.25, 0.3) is 11.6 Å². The average Bonchev–Trinajstić information content (AvgIpc) is 2.77. The van der Waals surface area contributed by atoms with Crippen LogP contribution in [0.25, 0.3) is 0 Å². The standard InChI is InChI=1S/C10H16N4O4/c1-7(15)5-11-2-3-12-10(16)9-4-8(6-13-9)14(17)18/h4,6-7,11,13,15H,2-3,5H2,1H3,(H,12,16). The second-order valence-corrected chi connectivity index (χ2v) is 3.84. The van der Waals surface area contributed by atoms with E-state index in [-0.39, 0.29) is 11.4 Å². The van der Waals surface area contributed by atoms with E-state index in [1.807, 2.05) is 0 Å². The highest BCUT2D eigenvalue weighted by atomic mass is 16.6. The number of carbonyl (C=O) groups is 1. The van der Waals surface area contributed by atoms with E-state index in [9.17, 15) is 14.9 Å². The van der Waals surface area contributed by atoms with E-state index in [2.05, 4.69) is 15.6 Å². The lowest BCUT2D eigenvalue weighted by molar-refractivity contribution is -0.384. The second-order valence-electron chi connectivity index (χ2n) is 3.84. The number of aromatic nitrogens is 1. The maximum atomic E-state index is 11.5. The largest absolute Gasteiger partial charge is 0.392 e. The maximum absolute atomic E-state index is 11.5. The van der Waals surface area contributed by atoms with Crippen molar-refractivity contribution in [2.45, 2.75) is 13.0 Å². The highest BCUT2D eigenvalue weighted by Gasteiger charge is 2.13. The van der Waals surface area contributed by atoms with Crippen molar-refractivity contribution in [1.29, 1.82) is 0 Å². The molecule has 1 atom stereocenters. The fraction of sp³-hybridized carbons (Fsp3) is 0.500. The van der Waals surface area contributed by atoms with Gasteiger partial charge in [0, 0.05) is 25.7 Å². The van der Waals surface area contributed by atoms with Crippen molar-refractivity contribution < 1.29 is 14.8 Å². The number of nitrogens with zero attached hydrogens (tertiary/aromatic N) is 1. The normalized spacial score (nSPS) is 12.1. The van der Waals surface area contributed by atoms with Crippen LogP contribution in [0.1, 0.15) is 17.4 Å². The van der Waals surface area contributed by atoms with Gasteiger partial charge in [0.05, 0.1) is 17.2 Å². The molecule has 0 aliphatic heterocycles. The number of amides is 1. The van der Waals surface area contributed by atoms with E-state index < -0.39 is 16.9 Å². The Balaban J connectivity index is 2.30. The van der Waals surface area contributed by atoms with Crippen LogP contribution < -0.4 is 10.6 Å². The third kappa shape index (κ3) is 4.52. The van der Waals surface area contributed by atoms with Crippen LogP contribution in [0, 0.1) is 10.1 Å². The summed E-state index contributed by atoms with van der Waals surface area (Å²) in [4.78, 5) is 23.9. The van der Waals surface area contributed by atoms with Gasteiger partial charge in [0.2, 0.25) is 0 Å². The van der Waals surface area contributed by atoms with Crippen molar-refractivity contribution in [3.63, 3.8) is 0 Å². The van der Waals surface area contributed by atoms with Crippen LogP contribution in [0.2, 0.25) is 0 Å². The molecule has 0 aliphatic carbocycles. The summed E-state index contributed by atoms with van der Waals surface area (Å²) in [5.41, 5.74) is 0.00427. The van der Waals surface area contributed by atoms with E-state index in [4.69, 9.17) is 5.11 Å². The molecule has 0 saturated heterocycles. The summed E-state index contributed by atoms with van der Waals surface area (Å²) in [5, 5.41) is 24.9. The summed E-state index contributed by atoms with van der Waals surface area (Å²) in [6.07, 6.45) is 0.729. The first-order valence-corrected chi connectivity index (χ1v) is 5.50. The molecule has 1 rings (SSSR count). The maximum Gasteiger partial charge on any atom is 0.287 e. The summed E-state index contributed by atoms with van der Waals surface area (Å²) in [6.45, 7) is 2.99. The second kappa shape index (κ2) is 6.72. The molecule has 0 aliphatic rings. The molecule has 1 aromatic heterocycles. The molecular weight excluding hydrogens is 240 g/mol. The SMILES string of the molecule is CC(O)CNCCNC(=O)c1cc([N+](=O)[O-])c[nH]1. The third-order valence-electron chi connectivity index (χ3n) is 2.15. The molecule has 0 saturated carbocycles. The average molecular weight is 256 g/mol. The molecule has 1 unspecified atom stereocenters. The monoisotopic (exact) mass is 256 g/mol. The predicted octanol–water partition coefficient (Wildman–Crippen LogP) is -0.377. The van der Waals surface area contributed by atoms with Gasteiger partial charge in [-0.2, -0.15) is 0 Å². The number of carbonyl (C=O) groups excluding carboxylic acids is 1. The minimum atomic E-state index is -0.572. The van der Waals surface area contributed by atoms with Crippen LogP contribution in [-0.2, 0) is 0 Å². The first-order valence-electron chi connectivity index (χ1n) is 5.50. The van der Waals surface area contributed by atoms with Gasteiger partial charge in [0.1, 0.15) is 5.69 Å².